The van der Waals surface area contributed by atoms with Gasteiger partial charge in [0.2, 0.25) is 0 Å². The van der Waals surface area contributed by atoms with Crippen molar-refractivity contribution >= 4 is 23.2 Å². The number of nitrogens with two attached hydrogens (primary N) is 1. The number of carbonyl (C=O) groups is 1. The Kier molecular flexibility index (Phi) is 4.24. The maximum Gasteiger partial charge on any atom is 0.253 e. The molecular weight excluding hydrogens is 274 g/mol. The van der Waals surface area contributed by atoms with E-state index >= 15 is 0 Å². The first-order valence-electron chi connectivity index (χ1n) is 5.92. The highest BCUT2D eigenvalue weighted by atomic mass is 35.5. The molecule has 3 N–H and O–H groups in total. The van der Waals surface area contributed by atoms with Crippen LogP contribution < -0.4 is 11.1 Å². The quantitative estimate of drug-likeness (QED) is 0.851. The summed E-state index contributed by atoms with van der Waals surface area (Å²) in [5.41, 5.74) is 7.96. The second-order valence-corrected chi connectivity index (χ2v) is 4.66. The lowest BCUT2D eigenvalue weighted by Gasteiger charge is -2.08. The Bertz CT molecular complexity index is 675. The van der Waals surface area contributed by atoms with E-state index in [0.717, 1.165) is 5.56 Å². The van der Waals surface area contributed by atoms with Gasteiger partial charge in [0.1, 0.15) is 0 Å². The zero-order valence-electron chi connectivity index (χ0n) is 10.6. The molecule has 100 valence electrons. The third-order valence-electron chi connectivity index (χ3n) is 2.80. The van der Waals surface area contributed by atoms with E-state index in [0.29, 0.717) is 28.4 Å². The van der Waals surface area contributed by atoms with Gasteiger partial charge in [0.25, 0.3) is 5.91 Å². The normalized spacial score (nSPS) is 9.80. The number of hydrogen-bond donors (Lipinski definition) is 2. The SMILES string of the molecule is N#Cc1ccc(CNC(=O)c2cc(Cl)ccc2N)cc1. The Labute approximate surface area is 121 Å². The van der Waals surface area contributed by atoms with Crippen LogP contribution in [0.4, 0.5) is 5.69 Å². The Morgan fingerprint density at radius 2 is 1.95 bits per heavy atom. The van der Waals surface area contributed by atoms with Crippen LogP contribution in [0.25, 0.3) is 0 Å². The number of nitrogen functional groups attached to an aromatic ring is 1. The number of rotatable bonds is 3. The molecule has 0 atom stereocenters. The van der Waals surface area contributed by atoms with E-state index in [2.05, 4.69) is 5.32 Å². The van der Waals surface area contributed by atoms with Crippen LogP contribution in [0.2, 0.25) is 5.02 Å². The number of benzene rings is 2. The highest BCUT2D eigenvalue weighted by molar-refractivity contribution is 6.31. The standard InChI is InChI=1S/C15H12ClN3O/c16-12-5-6-14(18)13(7-12)15(20)19-9-11-3-1-10(8-17)2-4-11/h1-7H,9,18H2,(H,19,20). The Morgan fingerprint density at radius 3 is 2.60 bits per heavy atom. The molecule has 2 aromatic rings. The van der Waals surface area contributed by atoms with E-state index in [1.165, 1.54) is 6.07 Å². The zero-order valence-corrected chi connectivity index (χ0v) is 11.3. The molecule has 0 unspecified atom stereocenters. The highest BCUT2D eigenvalue weighted by Crippen LogP contribution is 2.17. The fraction of sp³-hybridized carbons (Fsp3) is 0.0667. The molecule has 4 nitrogen and oxygen atoms in total. The van der Waals surface area contributed by atoms with Crippen LogP contribution in [0, 0.1) is 11.3 Å². The van der Waals surface area contributed by atoms with Crippen LogP contribution in [0.5, 0.6) is 0 Å². The second-order valence-electron chi connectivity index (χ2n) is 4.22. The van der Waals surface area contributed by atoms with Crippen LogP contribution in [0.15, 0.2) is 42.5 Å². The molecule has 0 aliphatic heterocycles. The minimum atomic E-state index is -0.283. The number of halogens is 1. The molecule has 0 radical (unpaired) electrons. The molecule has 0 aromatic heterocycles. The summed E-state index contributed by atoms with van der Waals surface area (Å²) < 4.78 is 0. The summed E-state index contributed by atoms with van der Waals surface area (Å²) in [6.45, 7) is 0.358. The van der Waals surface area contributed by atoms with E-state index in [-0.39, 0.29) is 5.91 Å². The van der Waals surface area contributed by atoms with Gasteiger partial charge in [-0.15, -0.1) is 0 Å². The van der Waals surface area contributed by atoms with Crippen LogP contribution >= 0.6 is 11.6 Å². The molecule has 20 heavy (non-hydrogen) atoms. The average Bonchev–Trinajstić information content (AvgIpc) is 2.47. The lowest BCUT2D eigenvalue weighted by molar-refractivity contribution is 0.0952. The maximum absolute atomic E-state index is 12.0. The molecule has 0 spiro atoms. The first kappa shape index (κ1) is 13.9. The molecule has 0 heterocycles. The summed E-state index contributed by atoms with van der Waals surface area (Å²) in [4.78, 5) is 12.0. The van der Waals surface area contributed by atoms with Gasteiger partial charge in [-0.1, -0.05) is 23.7 Å². The predicted molar refractivity (Wildman–Crippen MR) is 78.2 cm³/mol. The molecule has 1 amide bonds. The Hall–Kier alpha value is -2.51. The van der Waals surface area contributed by atoms with Crippen molar-refractivity contribution in [1.29, 1.82) is 5.26 Å². The van der Waals surface area contributed by atoms with Crippen molar-refractivity contribution in [3.05, 3.63) is 64.2 Å². The molecule has 2 aromatic carbocycles. The first-order chi connectivity index (χ1) is 9.60. The number of nitrogens with one attached hydrogen (secondary N) is 1. The summed E-state index contributed by atoms with van der Waals surface area (Å²) in [6.07, 6.45) is 0. The maximum atomic E-state index is 12.0. The van der Waals surface area contributed by atoms with Crippen molar-refractivity contribution in [3.8, 4) is 6.07 Å². The molecule has 0 aliphatic rings. The van der Waals surface area contributed by atoms with Gasteiger partial charge < -0.3 is 11.1 Å². The summed E-state index contributed by atoms with van der Waals surface area (Å²) in [5, 5.41) is 11.9. The fourth-order valence-electron chi connectivity index (χ4n) is 1.70. The van der Waals surface area contributed by atoms with Gasteiger partial charge in [-0.3, -0.25) is 4.79 Å². The van der Waals surface area contributed by atoms with Gasteiger partial charge >= 0.3 is 0 Å². The van der Waals surface area contributed by atoms with Crippen molar-refractivity contribution < 1.29 is 4.79 Å². The Balaban J connectivity index is 2.04. The second kappa shape index (κ2) is 6.09. The highest BCUT2D eigenvalue weighted by Gasteiger charge is 2.09. The minimum absolute atomic E-state index is 0.283. The summed E-state index contributed by atoms with van der Waals surface area (Å²) >= 11 is 5.85. The van der Waals surface area contributed by atoms with Crippen molar-refractivity contribution in [2.75, 3.05) is 5.73 Å². The molecule has 0 saturated heterocycles. The molecule has 0 fully saturated rings. The predicted octanol–water partition coefficient (Wildman–Crippen LogP) is 2.72. The number of nitrogens with zero attached hydrogens (tertiary/aromatic N) is 1. The van der Waals surface area contributed by atoms with Gasteiger partial charge in [0.15, 0.2) is 0 Å². The van der Waals surface area contributed by atoms with Crippen LogP contribution in [-0.2, 0) is 6.54 Å². The minimum Gasteiger partial charge on any atom is -0.398 e. The smallest absolute Gasteiger partial charge is 0.253 e. The number of carbonyl (C=O) groups excluding carboxylic acids is 1. The van der Waals surface area contributed by atoms with E-state index in [1.54, 1.807) is 36.4 Å². The topological polar surface area (TPSA) is 78.9 Å². The van der Waals surface area contributed by atoms with Crippen LogP contribution in [0.3, 0.4) is 0 Å². The number of hydrogen-bond acceptors (Lipinski definition) is 3. The Morgan fingerprint density at radius 1 is 1.25 bits per heavy atom. The lowest BCUT2D eigenvalue weighted by atomic mass is 10.1. The van der Waals surface area contributed by atoms with Crippen molar-refractivity contribution in [2.45, 2.75) is 6.54 Å². The van der Waals surface area contributed by atoms with Gasteiger partial charge in [-0.05, 0) is 35.9 Å². The monoisotopic (exact) mass is 285 g/mol. The van der Waals surface area contributed by atoms with E-state index in [4.69, 9.17) is 22.6 Å². The molecule has 2 rings (SSSR count). The summed E-state index contributed by atoms with van der Waals surface area (Å²) in [5.74, 6) is -0.283. The third kappa shape index (κ3) is 3.28. The van der Waals surface area contributed by atoms with Gasteiger partial charge in [-0.2, -0.15) is 5.26 Å². The largest absolute Gasteiger partial charge is 0.398 e. The van der Waals surface area contributed by atoms with Crippen molar-refractivity contribution in [2.24, 2.45) is 0 Å². The van der Waals surface area contributed by atoms with Gasteiger partial charge in [-0.25, -0.2) is 0 Å². The number of amides is 1. The molecule has 0 saturated carbocycles. The zero-order chi connectivity index (χ0) is 14.5. The lowest BCUT2D eigenvalue weighted by Crippen LogP contribution is -2.23. The van der Waals surface area contributed by atoms with Crippen LogP contribution in [-0.4, -0.2) is 5.91 Å². The molecular formula is C15H12ClN3O. The number of anilines is 1. The molecule has 0 aliphatic carbocycles. The van der Waals surface area contributed by atoms with Crippen LogP contribution in [0.1, 0.15) is 21.5 Å². The summed E-state index contributed by atoms with van der Waals surface area (Å²) in [7, 11) is 0. The first-order valence-corrected chi connectivity index (χ1v) is 6.30. The number of nitriles is 1. The van der Waals surface area contributed by atoms with Gasteiger partial charge in [0.05, 0.1) is 17.2 Å². The van der Waals surface area contributed by atoms with E-state index < -0.39 is 0 Å². The molecule has 0 bridgehead atoms. The average molecular weight is 286 g/mol. The third-order valence-corrected chi connectivity index (χ3v) is 3.03. The van der Waals surface area contributed by atoms with Crippen molar-refractivity contribution in [3.63, 3.8) is 0 Å². The van der Waals surface area contributed by atoms with Crippen molar-refractivity contribution in [1.82, 2.24) is 5.32 Å². The van der Waals surface area contributed by atoms with E-state index in [9.17, 15) is 4.79 Å². The van der Waals surface area contributed by atoms with E-state index in [1.807, 2.05) is 6.07 Å². The summed E-state index contributed by atoms with van der Waals surface area (Å²) in [6, 6.07) is 13.8. The fourth-order valence-corrected chi connectivity index (χ4v) is 1.87. The van der Waals surface area contributed by atoms with Gasteiger partial charge in [0, 0.05) is 17.3 Å². The molecule has 5 heteroatoms.